The summed E-state index contributed by atoms with van der Waals surface area (Å²) in [4.78, 5) is 2.21. The average Bonchev–Trinajstić information content (AvgIpc) is 2.68. The summed E-state index contributed by atoms with van der Waals surface area (Å²) in [5.41, 5.74) is 0.780. The third-order valence-electron chi connectivity index (χ3n) is 5.17. The minimum atomic E-state index is -4.31. The van der Waals surface area contributed by atoms with Crippen molar-refractivity contribution in [3.63, 3.8) is 0 Å². The molecule has 2 aromatic carbocycles. The second-order valence-electron chi connectivity index (χ2n) is 7.12. The van der Waals surface area contributed by atoms with Gasteiger partial charge in [0.1, 0.15) is 5.82 Å². The zero-order valence-electron chi connectivity index (χ0n) is 15.4. The maximum Gasteiger partial charge on any atom is 0.416 e. The predicted molar refractivity (Wildman–Crippen MR) is 100 cm³/mol. The number of hydrogen-bond donors (Lipinski definition) is 1. The molecule has 1 atom stereocenters. The highest BCUT2D eigenvalue weighted by Gasteiger charge is 2.31. The van der Waals surface area contributed by atoms with Crippen LogP contribution in [0.2, 0.25) is 0 Å². The molecule has 1 fully saturated rings. The van der Waals surface area contributed by atoms with Gasteiger partial charge in [0.2, 0.25) is 0 Å². The zero-order valence-corrected chi connectivity index (χ0v) is 15.4. The fraction of sp³-hybridized carbons (Fsp3) is 0.364. The van der Waals surface area contributed by atoms with Gasteiger partial charge in [0.05, 0.1) is 11.7 Å². The molecule has 1 N–H and O–H groups in total. The molecule has 1 heterocycles. The molecule has 0 radical (unpaired) electrons. The van der Waals surface area contributed by atoms with Gasteiger partial charge in [-0.2, -0.15) is 13.2 Å². The van der Waals surface area contributed by atoms with Gasteiger partial charge in [0.15, 0.2) is 0 Å². The molecule has 6 heteroatoms. The van der Waals surface area contributed by atoms with Crippen LogP contribution < -0.4 is 0 Å². The summed E-state index contributed by atoms with van der Waals surface area (Å²) in [6.45, 7) is 2.24. The van der Waals surface area contributed by atoms with Crippen molar-refractivity contribution in [1.29, 1.82) is 0 Å². The zero-order chi connectivity index (χ0) is 20.1. The van der Waals surface area contributed by atoms with E-state index < -0.39 is 17.8 Å². The molecule has 0 bridgehead atoms. The fourth-order valence-corrected chi connectivity index (χ4v) is 3.53. The Bertz CT molecular complexity index is 793. The van der Waals surface area contributed by atoms with E-state index in [0.29, 0.717) is 12.1 Å². The van der Waals surface area contributed by atoms with Crippen molar-refractivity contribution in [2.75, 3.05) is 19.6 Å². The Morgan fingerprint density at radius 2 is 1.75 bits per heavy atom. The number of alkyl halides is 3. The van der Waals surface area contributed by atoms with Crippen molar-refractivity contribution in [2.45, 2.75) is 31.0 Å². The molecular weight excluding hydrogens is 370 g/mol. The van der Waals surface area contributed by atoms with E-state index in [9.17, 15) is 22.7 Å². The Balaban J connectivity index is 1.50. The van der Waals surface area contributed by atoms with Crippen molar-refractivity contribution in [3.8, 4) is 0 Å². The first kappa shape index (κ1) is 20.6. The number of aliphatic hydroxyl groups is 1. The lowest BCUT2D eigenvalue weighted by atomic mass is 9.88. The summed E-state index contributed by atoms with van der Waals surface area (Å²) < 4.78 is 51.6. The van der Waals surface area contributed by atoms with Gasteiger partial charge in [-0.3, -0.25) is 4.90 Å². The van der Waals surface area contributed by atoms with Gasteiger partial charge in [-0.05, 0) is 61.2 Å². The van der Waals surface area contributed by atoms with Gasteiger partial charge in [-0.15, -0.1) is 0 Å². The number of rotatable bonds is 5. The van der Waals surface area contributed by atoms with Crippen molar-refractivity contribution >= 4 is 0 Å². The lowest BCUT2D eigenvalue weighted by Gasteiger charge is -2.31. The van der Waals surface area contributed by atoms with Crippen molar-refractivity contribution in [3.05, 3.63) is 83.2 Å². The van der Waals surface area contributed by atoms with Gasteiger partial charge in [-0.25, -0.2) is 4.39 Å². The van der Waals surface area contributed by atoms with Gasteiger partial charge < -0.3 is 5.11 Å². The third-order valence-corrected chi connectivity index (χ3v) is 5.17. The molecule has 150 valence electrons. The van der Waals surface area contributed by atoms with Crippen molar-refractivity contribution < 1.29 is 22.7 Å². The van der Waals surface area contributed by atoms with E-state index >= 15 is 0 Å². The van der Waals surface area contributed by atoms with Gasteiger partial charge in [-0.1, -0.05) is 42.5 Å². The summed E-state index contributed by atoms with van der Waals surface area (Å²) in [6, 6.07) is 11.3. The monoisotopic (exact) mass is 393 g/mol. The summed E-state index contributed by atoms with van der Waals surface area (Å²) in [5, 5.41) is 10.1. The lowest BCUT2D eigenvalue weighted by molar-refractivity contribution is -0.137. The molecule has 28 heavy (non-hydrogen) atoms. The normalized spacial score (nSPS) is 17.9. The van der Waals surface area contributed by atoms with E-state index in [4.69, 9.17) is 0 Å². The van der Waals surface area contributed by atoms with Crippen LogP contribution in [0.25, 0.3) is 0 Å². The molecule has 1 aliphatic rings. The average molecular weight is 393 g/mol. The first-order valence-corrected chi connectivity index (χ1v) is 9.32. The lowest BCUT2D eigenvalue weighted by Crippen LogP contribution is -2.33. The number of piperidine rings is 1. The number of halogens is 4. The SMILES string of the molecule is OC(C=CCN1CCC(c2cccc(C(F)(F)F)c2)CC1)c1ccc(F)cc1. The Morgan fingerprint density at radius 1 is 1.07 bits per heavy atom. The Hall–Kier alpha value is -2.18. The number of likely N-dealkylation sites (tertiary alicyclic amines) is 1. The standard InChI is InChI=1S/C22H23F4NO/c23-20-8-6-17(7-9-20)21(28)5-2-12-27-13-10-16(11-14-27)18-3-1-4-19(15-18)22(24,25)26/h1-9,15-16,21,28H,10-14H2. The first-order valence-electron chi connectivity index (χ1n) is 9.32. The molecule has 0 saturated carbocycles. The topological polar surface area (TPSA) is 23.5 Å². The quantitative estimate of drug-likeness (QED) is 0.549. The van der Waals surface area contributed by atoms with Crippen LogP contribution in [0.5, 0.6) is 0 Å². The highest BCUT2D eigenvalue weighted by atomic mass is 19.4. The molecule has 0 amide bonds. The van der Waals surface area contributed by atoms with E-state index in [1.165, 1.54) is 24.3 Å². The van der Waals surface area contributed by atoms with E-state index in [0.717, 1.165) is 37.6 Å². The van der Waals surface area contributed by atoms with Crippen LogP contribution in [0.15, 0.2) is 60.7 Å². The highest BCUT2D eigenvalue weighted by Crippen LogP contribution is 2.34. The Labute approximate surface area is 162 Å². The smallest absolute Gasteiger partial charge is 0.384 e. The number of benzene rings is 2. The third kappa shape index (κ3) is 5.42. The van der Waals surface area contributed by atoms with Crippen LogP contribution in [0.4, 0.5) is 17.6 Å². The number of nitrogens with zero attached hydrogens (tertiary/aromatic N) is 1. The van der Waals surface area contributed by atoms with Crippen LogP contribution >= 0.6 is 0 Å². The van der Waals surface area contributed by atoms with Gasteiger partial charge in [0, 0.05) is 6.54 Å². The molecule has 3 rings (SSSR count). The van der Waals surface area contributed by atoms with Crippen LogP contribution in [-0.2, 0) is 6.18 Å². The second kappa shape index (κ2) is 8.88. The van der Waals surface area contributed by atoms with E-state index in [1.807, 2.05) is 6.08 Å². The van der Waals surface area contributed by atoms with E-state index in [-0.39, 0.29) is 11.7 Å². The molecule has 0 aliphatic carbocycles. The van der Waals surface area contributed by atoms with Crippen LogP contribution in [0.1, 0.15) is 41.6 Å². The van der Waals surface area contributed by atoms with Gasteiger partial charge >= 0.3 is 6.18 Å². The molecule has 2 nitrogen and oxygen atoms in total. The maximum atomic E-state index is 12.9. The van der Waals surface area contributed by atoms with Crippen LogP contribution in [-0.4, -0.2) is 29.6 Å². The molecule has 0 aromatic heterocycles. The Morgan fingerprint density at radius 3 is 2.39 bits per heavy atom. The fourth-order valence-electron chi connectivity index (χ4n) is 3.53. The summed E-state index contributed by atoms with van der Waals surface area (Å²) in [6.07, 6.45) is 0.0476. The minimum absolute atomic E-state index is 0.132. The number of aliphatic hydroxyl groups excluding tert-OH is 1. The predicted octanol–water partition coefficient (Wildman–Crippen LogP) is 5.31. The molecule has 1 aliphatic heterocycles. The summed E-state index contributed by atoms with van der Waals surface area (Å²) in [5.74, 6) is -0.212. The Kier molecular flexibility index (Phi) is 6.52. The molecule has 1 unspecified atom stereocenters. The first-order chi connectivity index (χ1) is 13.3. The maximum absolute atomic E-state index is 12.9. The second-order valence-corrected chi connectivity index (χ2v) is 7.12. The minimum Gasteiger partial charge on any atom is -0.384 e. The van der Waals surface area contributed by atoms with Gasteiger partial charge in [0.25, 0.3) is 0 Å². The van der Waals surface area contributed by atoms with Crippen molar-refractivity contribution in [2.24, 2.45) is 0 Å². The summed E-state index contributed by atoms with van der Waals surface area (Å²) >= 11 is 0. The summed E-state index contributed by atoms with van der Waals surface area (Å²) in [7, 11) is 0. The van der Waals surface area contributed by atoms with Crippen LogP contribution in [0.3, 0.4) is 0 Å². The molecule has 2 aromatic rings. The largest absolute Gasteiger partial charge is 0.416 e. The van der Waals surface area contributed by atoms with Crippen LogP contribution in [0, 0.1) is 5.82 Å². The van der Waals surface area contributed by atoms with Crippen molar-refractivity contribution in [1.82, 2.24) is 4.90 Å². The van der Waals surface area contributed by atoms with E-state index in [1.54, 1.807) is 24.3 Å². The molecule has 1 saturated heterocycles. The number of hydrogen-bond acceptors (Lipinski definition) is 2. The molecule has 0 spiro atoms. The highest BCUT2D eigenvalue weighted by molar-refractivity contribution is 5.28. The molecular formula is C22H23F4NO. The van der Waals surface area contributed by atoms with E-state index in [2.05, 4.69) is 4.90 Å².